The molecule has 0 aromatic carbocycles. The van der Waals surface area contributed by atoms with Gasteiger partial charge >= 0.3 is 0 Å². The highest BCUT2D eigenvalue weighted by molar-refractivity contribution is 6.25. The number of aliphatic hydroxyl groups is 1. The van der Waals surface area contributed by atoms with E-state index in [0.29, 0.717) is 0 Å². The fourth-order valence-corrected chi connectivity index (χ4v) is 1.35. The van der Waals surface area contributed by atoms with Gasteiger partial charge in [0, 0.05) is 0 Å². The summed E-state index contributed by atoms with van der Waals surface area (Å²) in [6.45, 7) is 3.62. The third-order valence-electron chi connectivity index (χ3n) is 2.31. The van der Waals surface area contributed by atoms with Crippen molar-refractivity contribution in [2.45, 2.75) is 13.8 Å². The van der Waals surface area contributed by atoms with Gasteiger partial charge in [0.15, 0.2) is 5.78 Å². The molecule has 4 heteroatoms. The minimum Gasteiger partial charge on any atom is -0.507 e. The van der Waals surface area contributed by atoms with Crippen LogP contribution in [0.2, 0.25) is 0 Å². The summed E-state index contributed by atoms with van der Waals surface area (Å²) in [6.07, 6.45) is 8.12. The third-order valence-corrected chi connectivity index (χ3v) is 2.31. The minimum absolute atomic E-state index is 0.0598. The molecule has 1 amide bonds. The smallest absolute Gasteiger partial charge is 0.259 e. The molecule has 1 heterocycles. The average Bonchev–Trinajstić information content (AvgIpc) is 2.71. The number of carbonyl (C=O) groups excluding carboxylic acids is 2. The largest absolute Gasteiger partial charge is 0.507 e. The Bertz CT molecular complexity index is 548. The molecule has 1 aliphatic rings. The summed E-state index contributed by atoms with van der Waals surface area (Å²) in [5.74, 6) is 4.33. The third kappa shape index (κ3) is 4.32. The Morgan fingerprint density at radius 2 is 2.05 bits per heavy atom. The van der Waals surface area contributed by atoms with Gasteiger partial charge in [0.2, 0.25) is 0 Å². The lowest BCUT2D eigenvalue weighted by molar-refractivity contribution is -0.117. The number of allylic oxidation sites excluding steroid dienone is 6. The van der Waals surface area contributed by atoms with Gasteiger partial charge in [-0.05, 0) is 37.6 Å². The highest BCUT2D eigenvalue weighted by atomic mass is 16.3. The van der Waals surface area contributed by atoms with Gasteiger partial charge in [-0.2, -0.15) is 0 Å². The van der Waals surface area contributed by atoms with Crippen LogP contribution in [-0.2, 0) is 9.59 Å². The number of hydrogen-bond donors (Lipinski definition) is 2. The number of aliphatic hydroxyl groups excluding tert-OH is 1. The first-order valence-corrected chi connectivity index (χ1v) is 5.78. The molecule has 0 unspecified atom stereocenters. The Kier molecular flexibility index (Phi) is 5.36. The zero-order valence-electron chi connectivity index (χ0n) is 10.9. The van der Waals surface area contributed by atoms with Crippen LogP contribution in [0.5, 0.6) is 0 Å². The van der Waals surface area contributed by atoms with Crippen LogP contribution in [-0.4, -0.2) is 23.3 Å². The van der Waals surface area contributed by atoms with Crippen molar-refractivity contribution >= 4 is 11.7 Å². The molecule has 19 heavy (non-hydrogen) atoms. The topological polar surface area (TPSA) is 66.4 Å². The lowest BCUT2D eigenvalue weighted by Gasteiger charge is -1.95. The number of nitrogens with one attached hydrogen (secondary N) is 1. The average molecular weight is 257 g/mol. The molecule has 2 N–H and O–H groups in total. The number of Topliss-reactive ketones (excluding diaryl/α,β-unsaturated/α-hetero) is 1. The number of ketones is 1. The number of carbonyl (C=O) groups is 2. The summed E-state index contributed by atoms with van der Waals surface area (Å²) in [5.41, 5.74) is 0.610. The van der Waals surface area contributed by atoms with Gasteiger partial charge < -0.3 is 10.4 Å². The van der Waals surface area contributed by atoms with E-state index in [4.69, 9.17) is 0 Å². The van der Waals surface area contributed by atoms with Crippen molar-refractivity contribution < 1.29 is 14.7 Å². The van der Waals surface area contributed by atoms with Crippen LogP contribution in [0, 0.1) is 11.8 Å². The van der Waals surface area contributed by atoms with Crippen LogP contribution < -0.4 is 5.32 Å². The van der Waals surface area contributed by atoms with Gasteiger partial charge in [0.1, 0.15) is 11.3 Å². The second kappa shape index (κ2) is 7.02. The molecule has 0 radical (unpaired) electrons. The molecule has 0 saturated carbocycles. The highest BCUT2D eigenvalue weighted by Crippen LogP contribution is 2.10. The van der Waals surface area contributed by atoms with Crippen molar-refractivity contribution in [1.29, 1.82) is 0 Å². The Morgan fingerprint density at radius 3 is 2.63 bits per heavy atom. The van der Waals surface area contributed by atoms with Crippen LogP contribution in [0.3, 0.4) is 0 Å². The number of rotatable bonds is 2. The van der Waals surface area contributed by atoms with Crippen molar-refractivity contribution in [3.05, 3.63) is 47.3 Å². The second-order valence-corrected chi connectivity index (χ2v) is 3.88. The molecule has 1 fully saturated rings. The molecule has 1 aliphatic heterocycles. The molecule has 4 nitrogen and oxygen atoms in total. The van der Waals surface area contributed by atoms with Crippen molar-refractivity contribution in [2.24, 2.45) is 0 Å². The van der Waals surface area contributed by atoms with Crippen LogP contribution in [0.15, 0.2) is 47.3 Å². The second-order valence-electron chi connectivity index (χ2n) is 3.88. The lowest BCUT2D eigenvalue weighted by Crippen LogP contribution is -2.14. The zero-order valence-corrected chi connectivity index (χ0v) is 10.9. The zero-order chi connectivity index (χ0) is 14.3. The van der Waals surface area contributed by atoms with Crippen molar-refractivity contribution in [1.82, 2.24) is 5.32 Å². The van der Waals surface area contributed by atoms with Gasteiger partial charge in [-0.15, -0.1) is 0 Å². The van der Waals surface area contributed by atoms with E-state index in [0.717, 1.165) is 5.57 Å². The Morgan fingerprint density at radius 1 is 1.32 bits per heavy atom. The van der Waals surface area contributed by atoms with E-state index in [1.54, 1.807) is 25.2 Å². The van der Waals surface area contributed by atoms with E-state index < -0.39 is 11.7 Å². The van der Waals surface area contributed by atoms with Gasteiger partial charge in [-0.3, -0.25) is 9.59 Å². The van der Waals surface area contributed by atoms with E-state index in [1.807, 2.05) is 13.0 Å². The van der Waals surface area contributed by atoms with E-state index in [9.17, 15) is 14.7 Å². The summed E-state index contributed by atoms with van der Waals surface area (Å²) in [4.78, 5) is 22.6. The Balaban J connectivity index is 2.82. The summed E-state index contributed by atoms with van der Waals surface area (Å²) >= 11 is 0. The quantitative estimate of drug-likeness (QED) is 0.259. The Labute approximate surface area is 112 Å². The standard InChI is InChI=1S/C15H15NO3/c1-3-4-5-6-7-11(2)8-9-12(17)14-13(18)10-16-15(14)19/h3-4,7-9,17H,10H2,1-2H3,(H,16,19). The predicted molar refractivity (Wildman–Crippen MR) is 73.2 cm³/mol. The van der Waals surface area contributed by atoms with E-state index in [2.05, 4.69) is 17.2 Å². The molecular weight excluding hydrogens is 242 g/mol. The summed E-state index contributed by atoms with van der Waals surface area (Å²) in [6, 6.07) is 0. The van der Waals surface area contributed by atoms with Gasteiger partial charge in [0.05, 0.1) is 6.54 Å². The van der Waals surface area contributed by atoms with E-state index in [-0.39, 0.29) is 17.9 Å². The summed E-state index contributed by atoms with van der Waals surface area (Å²) < 4.78 is 0. The van der Waals surface area contributed by atoms with Crippen molar-refractivity contribution in [3.63, 3.8) is 0 Å². The predicted octanol–water partition coefficient (Wildman–Crippen LogP) is 1.58. The van der Waals surface area contributed by atoms with Gasteiger partial charge in [0.25, 0.3) is 5.91 Å². The molecule has 0 aromatic heterocycles. The van der Waals surface area contributed by atoms with E-state index in [1.165, 1.54) is 6.08 Å². The van der Waals surface area contributed by atoms with Crippen LogP contribution in [0.25, 0.3) is 0 Å². The SMILES string of the molecule is CC=CC#CC=C(C)C=CC(O)=C1C(=O)CNC1=O. The number of amides is 1. The Hall–Kier alpha value is -2.54. The molecule has 1 rings (SSSR count). The molecule has 0 atom stereocenters. The molecule has 1 saturated heterocycles. The highest BCUT2D eigenvalue weighted by Gasteiger charge is 2.28. The minimum atomic E-state index is -0.540. The van der Waals surface area contributed by atoms with Crippen LogP contribution in [0.4, 0.5) is 0 Å². The fraction of sp³-hybridized carbons (Fsp3) is 0.200. The molecular formula is C15H15NO3. The van der Waals surface area contributed by atoms with Crippen LogP contribution in [0.1, 0.15) is 13.8 Å². The van der Waals surface area contributed by atoms with E-state index >= 15 is 0 Å². The first-order chi connectivity index (χ1) is 9.06. The summed E-state index contributed by atoms with van der Waals surface area (Å²) in [5, 5.41) is 12.0. The monoisotopic (exact) mass is 257 g/mol. The van der Waals surface area contributed by atoms with Crippen molar-refractivity contribution in [2.75, 3.05) is 6.54 Å². The lowest BCUT2D eigenvalue weighted by atomic mass is 10.1. The summed E-state index contributed by atoms with van der Waals surface area (Å²) in [7, 11) is 0. The maximum Gasteiger partial charge on any atom is 0.259 e. The molecule has 98 valence electrons. The van der Waals surface area contributed by atoms with Gasteiger partial charge in [-0.25, -0.2) is 0 Å². The maximum absolute atomic E-state index is 11.3. The van der Waals surface area contributed by atoms with Crippen LogP contribution >= 0.6 is 0 Å². The maximum atomic E-state index is 11.3. The fourth-order valence-electron chi connectivity index (χ4n) is 1.35. The first kappa shape index (κ1) is 14.5. The number of hydrogen-bond acceptors (Lipinski definition) is 3. The molecule has 0 aromatic rings. The van der Waals surface area contributed by atoms with Crippen molar-refractivity contribution in [3.8, 4) is 11.8 Å². The first-order valence-electron chi connectivity index (χ1n) is 5.78. The normalized spacial score (nSPS) is 18.7. The molecule has 0 spiro atoms. The molecule has 0 bridgehead atoms. The van der Waals surface area contributed by atoms with Gasteiger partial charge in [-0.1, -0.05) is 24.0 Å². The molecule has 0 aliphatic carbocycles.